The summed E-state index contributed by atoms with van der Waals surface area (Å²) in [6.07, 6.45) is 0. The van der Waals surface area contributed by atoms with Crippen molar-refractivity contribution in [3.63, 3.8) is 0 Å². The summed E-state index contributed by atoms with van der Waals surface area (Å²) >= 11 is 7.35. The Bertz CT molecular complexity index is 971. The molecule has 1 atom stereocenters. The predicted octanol–water partition coefficient (Wildman–Crippen LogP) is 4.05. The Kier molecular flexibility index (Phi) is 5.72. The average molecular weight is 402 g/mol. The van der Waals surface area contributed by atoms with Crippen molar-refractivity contribution in [2.75, 3.05) is 11.2 Å². The van der Waals surface area contributed by atoms with E-state index in [1.165, 1.54) is 16.4 Å². The fraction of sp³-hybridized carbons (Fsp3) is 0.211. The van der Waals surface area contributed by atoms with E-state index in [2.05, 4.69) is 15.5 Å². The summed E-state index contributed by atoms with van der Waals surface area (Å²) in [5.74, 6) is 6.53. The largest absolute Gasteiger partial charge is 0.335 e. The number of anilines is 1. The first-order chi connectivity index (χ1) is 12.9. The van der Waals surface area contributed by atoms with Crippen LogP contribution in [0.3, 0.4) is 0 Å². The highest BCUT2D eigenvalue weighted by molar-refractivity contribution is 8.00. The highest BCUT2D eigenvalue weighted by atomic mass is 35.5. The lowest BCUT2D eigenvalue weighted by atomic mass is 10.1. The van der Waals surface area contributed by atoms with Crippen molar-refractivity contribution in [1.29, 1.82) is 0 Å². The third-order valence-electron chi connectivity index (χ3n) is 4.15. The summed E-state index contributed by atoms with van der Waals surface area (Å²) in [5, 5.41) is 11.8. The normalized spacial score (nSPS) is 12.0. The van der Waals surface area contributed by atoms with E-state index in [4.69, 9.17) is 17.4 Å². The van der Waals surface area contributed by atoms with E-state index in [-0.39, 0.29) is 5.91 Å². The Labute approximate surface area is 167 Å². The van der Waals surface area contributed by atoms with Gasteiger partial charge >= 0.3 is 0 Å². The molecule has 8 heteroatoms. The van der Waals surface area contributed by atoms with Gasteiger partial charge in [-0.2, -0.15) is 0 Å². The Hall–Kier alpha value is -2.51. The van der Waals surface area contributed by atoms with Crippen LogP contribution in [0.5, 0.6) is 0 Å². The number of benzene rings is 2. The van der Waals surface area contributed by atoms with Gasteiger partial charge in [0.25, 0.3) is 0 Å². The van der Waals surface area contributed by atoms with Crippen LogP contribution in [0.25, 0.3) is 11.4 Å². The number of hydrogen-bond donors (Lipinski definition) is 2. The van der Waals surface area contributed by atoms with E-state index in [0.29, 0.717) is 21.7 Å². The Morgan fingerprint density at radius 3 is 2.59 bits per heavy atom. The van der Waals surface area contributed by atoms with Crippen molar-refractivity contribution in [2.45, 2.75) is 31.2 Å². The molecule has 3 N–H and O–H groups in total. The molecule has 6 nitrogen and oxygen atoms in total. The minimum absolute atomic E-state index is 0.162. The fourth-order valence-electron chi connectivity index (χ4n) is 2.45. The first-order valence-electron chi connectivity index (χ1n) is 8.37. The number of nitrogen functional groups attached to an aromatic ring is 1. The Balaban J connectivity index is 1.72. The van der Waals surface area contributed by atoms with Crippen molar-refractivity contribution >= 4 is 35.0 Å². The van der Waals surface area contributed by atoms with E-state index in [0.717, 1.165) is 16.7 Å². The van der Waals surface area contributed by atoms with E-state index < -0.39 is 5.25 Å². The SMILES string of the molecule is Cc1ccc(-c2nnc(SC(C)C(=O)Nc3cccc(Cl)c3C)n2N)cc1. The summed E-state index contributed by atoms with van der Waals surface area (Å²) in [4.78, 5) is 12.5. The van der Waals surface area contributed by atoms with E-state index in [9.17, 15) is 4.79 Å². The Morgan fingerprint density at radius 2 is 1.89 bits per heavy atom. The number of aryl methyl sites for hydroxylation is 1. The fourth-order valence-corrected chi connectivity index (χ4v) is 3.39. The molecule has 0 aliphatic heterocycles. The van der Waals surface area contributed by atoms with Gasteiger partial charge in [-0.05, 0) is 38.5 Å². The molecule has 0 bridgehead atoms. The highest BCUT2D eigenvalue weighted by Gasteiger charge is 2.20. The predicted molar refractivity (Wildman–Crippen MR) is 110 cm³/mol. The maximum absolute atomic E-state index is 12.5. The zero-order valence-electron chi connectivity index (χ0n) is 15.2. The molecule has 0 spiro atoms. The van der Waals surface area contributed by atoms with Crippen LogP contribution in [0.1, 0.15) is 18.1 Å². The van der Waals surface area contributed by atoms with Gasteiger partial charge < -0.3 is 11.2 Å². The minimum atomic E-state index is -0.416. The third-order valence-corrected chi connectivity index (χ3v) is 5.62. The molecule has 3 rings (SSSR count). The zero-order chi connectivity index (χ0) is 19.6. The van der Waals surface area contributed by atoms with E-state index >= 15 is 0 Å². The molecule has 0 saturated heterocycles. The van der Waals surface area contributed by atoms with Crippen LogP contribution >= 0.6 is 23.4 Å². The number of carbonyl (C=O) groups is 1. The first-order valence-corrected chi connectivity index (χ1v) is 9.62. The van der Waals surface area contributed by atoms with Gasteiger partial charge in [0.2, 0.25) is 11.1 Å². The first kappa shape index (κ1) is 19.3. The van der Waals surface area contributed by atoms with Crippen molar-refractivity contribution in [1.82, 2.24) is 14.9 Å². The number of rotatable bonds is 5. The number of hydrogen-bond acceptors (Lipinski definition) is 5. The lowest BCUT2D eigenvalue weighted by molar-refractivity contribution is -0.115. The van der Waals surface area contributed by atoms with Gasteiger partial charge in [0, 0.05) is 16.3 Å². The number of amides is 1. The number of carbonyl (C=O) groups excluding carboxylic acids is 1. The lowest BCUT2D eigenvalue weighted by Crippen LogP contribution is -2.24. The molecule has 1 aromatic heterocycles. The molecule has 0 fully saturated rings. The molecule has 0 aliphatic rings. The molecule has 0 saturated carbocycles. The second-order valence-corrected chi connectivity index (χ2v) is 7.92. The number of nitrogens with zero attached hydrogens (tertiary/aromatic N) is 3. The molecule has 27 heavy (non-hydrogen) atoms. The van der Waals surface area contributed by atoms with Crippen molar-refractivity contribution in [2.24, 2.45) is 0 Å². The number of aromatic nitrogens is 3. The van der Waals surface area contributed by atoms with Crippen LogP contribution in [-0.4, -0.2) is 26.0 Å². The summed E-state index contributed by atoms with van der Waals surface area (Å²) in [5.41, 5.74) is 3.54. The van der Waals surface area contributed by atoms with Gasteiger partial charge in [-0.1, -0.05) is 59.3 Å². The summed E-state index contributed by atoms with van der Waals surface area (Å²) in [7, 11) is 0. The summed E-state index contributed by atoms with van der Waals surface area (Å²) in [6.45, 7) is 5.67. The molecule has 0 radical (unpaired) electrons. The molecule has 2 aromatic carbocycles. The molecule has 1 heterocycles. The van der Waals surface area contributed by atoms with Gasteiger partial charge in [0.15, 0.2) is 5.82 Å². The van der Waals surface area contributed by atoms with Gasteiger partial charge in [-0.3, -0.25) is 4.79 Å². The standard InChI is InChI=1S/C19H20ClN5OS/c1-11-7-9-14(10-8-11)17-23-24-19(25(17)21)27-13(3)18(26)22-16-6-4-5-15(20)12(16)2/h4-10,13H,21H2,1-3H3,(H,22,26). The van der Waals surface area contributed by atoms with Crippen molar-refractivity contribution < 1.29 is 4.79 Å². The number of nitrogens with one attached hydrogen (secondary N) is 1. The monoisotopic (exact) mass is 401 g/mol. The van der Waals surface area contributed by atoms with Crippen LogP contribution in [-0.2, 0) is 4.79 Å². The second kappa shape index (κ2) is 8.02. The van der Waals surface area contributed by atoms with Gasteiger partial charge in [0.05, 0.1) is 5.25 Å². The smallest absolute Gasteiger partial charge is 0.237 e. The van der Waals surface area contributed by atoms with Crippen molar-refractivity contribution in [3.8, 4) is 11.4 Å². The maximum atomic E-state index is 12.5. The van der Waals surface area contributed by atoms with Crippen molar-refractivity contribution in [3.05, 3.63) is 58.6 Å². The van der Waals surface area contributed by atoms with Crippen LogP contribution in [0, 0.1) is 13.8 Å². The number of nitrogens with two attached hydrogens (primary N) is 1. The van der Waals surface area contributed by atoms with Crippen LogP contribution in [0.2, 0.25) is 5.02 Å². The van der Waals surface area contributed by atoms with Crippen LogP contribution in [0.15, 0.2) is 47.6 Å². The second-order valence-electron chi connectivity index (χ2n) is 6.20. The van der Waals surface area contributed by atoms with Gasteiger partial charge in [-0.25, -0.2) is 4.68 Å². The number of halogens is 1. The van der Waals surface area contributed by atoms with Gasteiger partial charge in [0.1, 0.15) is 0 Å². The maximum Gasteiger partial charge on any atom is 0.237 e. The van der Waals surface area contributed by atoms with E-state index in [1.807, 2.05) is 44.2 Å². The van der Waals surface area contributed by atoms with Crippen LogP contribution < -0.4 is 11.2 Å². The summed E-state index contributed by atoms with van der Waals surface area (Å²) in [6, 6.07) is 13.3. The molecule has 1 unspecified atom stereocenters. The molecule has 140 valence electrons. The molecule has 0 aliphatic carbocycles. The summed E-state index contributed by atoms with van der Waals surface area (Å²) < 4.78 is 1.41. The lowest BCUT2D eigenvalue weighted by Gasteiger charge is -2.13. The topological polar surface area (TPSA) is 85.8 Å². The third kappa shape index (κ3) is 4.26. The quantitative estimate of drug-likeness (QED) is 0.497. The molecular weight excluding hydrogens is 382 g/mol. The number of thioether (sulfide) groups is 1. The zero-order valence-corrected chi connectivity index (χ0v) is 16.8. The molecular formula is C19H20ClN5OS. The van der Waals surface area contributed by atoms with E-state index in [1.54, 1.807) is 19.1 Å². The van der Waals surface area contributed by atoms with Crippen LogP contribution in [0.4, 0.5) is 5.69 Å². The average Bonchev–Trinajstić information content (AvgIpc) is 3.00. The minimum Gasteiger partial charge on any atom is -0.335 e. The Morgan fingerprint density at radius 1 is 1.19 bits per heavy atom. The van der Waals surface area contributed by atoms with Gasteiger partial charge in [-0.15, -0.1) is 10.2 Å². The highest BCUT2D eigenvalue weighted by Crippen LogP contribution is 2.27. The molecule has 3 aromatic rings. The molecule has 1 amide bonds.